The van der Waals surface area contributed by atoms with Gasteiger partial charge in [0.25, 0.3) is 0 Å². The zero-order valence-electron chi connectivity index (χ0n) is 33.2. The Kier molecular flexibility index (Phi) is 8.66. The Bertz CT molecular complexity index is 2420. The van der Waals surface area contributed by atoms with Gasteiger partial charge in [-0.2, -0.15) is 9.97 Å². The first-order chi connectivity index (χ1) is 27.0. The fraction of sp³-hybridized carbons (Fsp3) is 0.488. The van der Waals surface area contributed by atoms with Crippen LogP contribution in [-0.2, 0) is 4.43 Å². The predicted molar refractivity (Wildman–Crippen MR) is 216 cm³/mol. The van der Waals surface area contributed by atoms with Gasteiger partial charge in [0, 0.05) is 30.6 Å². The van der Waals surface area contributed by atoms with E-state index in [1.807, 2.05) is 11.8 Å². The summed E-state index contributed by atoms with van der Waals surface area (Å²) in [4.78, 5) is 33.1. The summed E-state index contributed by atoms with van der Waals surface area (Å²) in [6.07, 6.45) is 7.10. The molecule has 2 bridgehead atoms. The third-order valence-corrected chi connectivity index (χ3v) is 18.3. The topological polar surface area (TPSA) is 113 Å². The number of fused-ring (bicyclic) bond motifs is 7. The summed E-state index contributed by atoms with van der Waals surface area (Å²) in [6, 6.07) is 6.89. The SMILES string of the molecule is C#Cc1c(F)ccc2cccc(-c3nc4c5c(nc(OCC67CC(O[Si](C)(C)C(C)(C)C)CN6CCC7=C)nc5c3F)N3CC5CCC(C3C(C)O4)N5C(=O)O)c12. The van der Waals surface area contributed by atoms with Crippen LogP contribution in [0.1, 0.15) is 58.9 Å². The van der Waals surface area contributed by atoms with Crippen molar-refractivity contribution < 1.29 is 32.6 Å². The van der Waals surface area contributed by atoms with Gasteiger partial charge in [0.1, 0.15) is 40.9 Å². The van der Waals surface area contributed by atoms with Crippen LogP contribution in [0.25, 0.3) is 32.9 Å². The molecular weight excluding hydrogens is 747 g/mol. The summed E-state index contributed by atoms with van der Waals surface area (Å²) in [5.74, 6) is 1.54. The molecule has 6 atom stereocenters. The van der Waals surface area contributed by atoms with Gasteiger partial charge in [-0.05, 0) is 62.2 Å². The van der Waals surface area contributed by atoms with E-state index in [2.05, 4.69) is 51.3 Å². The van der Waals surface area contributed by atoms with Crippen molar-refractivity contribution in [1.29, 1.82) is 0 Å². The maximum absolute atomic E-state index is 17.5. The molecule has 0 radical (unpaired) electrons. The van der Waals surface area contributed by atoms with Crippen LogP contribution in [0.4, 0.5) is 19.4 Å². The number of hydrogen-bond acceptors (Lipinski definition) is 9. The lowest BCUT2D eigenvalue weighted by Gasteiger charge is -2.47. The zero-order chi connectivity index (χ0) is 40.3. The lowest BCUT2D eigenvalue weighted by Crippen LogP contribution is -2.64. The molecule has 9 rings (SSSR count). The number of terminal acetylenes is 1. The molecule has 6 unspecified atom stereocenters. The molecule has 57 heavy (non-hydrogen) atoms. The minimum Gasteiger partial charge on any atom is -0.472 e. The van der Waals surface area contributed by atoms with Crippen molar-refractivity contribution in [3.05, 3.63) is 59.7 Å². The fourth-order valence-electron chi connectivity index (χ4n) is 9.93. The number of piperazine rings is 1. The molecule has 11 nitrogen and oxygen atoms in total. The van der Waals surface area contributed by atoms with Crippen LogP contribution >= 0.6 is 0 Å². The molecular formula is C43H48F2N6O5Si. The van der Waals surface area contributed by atoms with E-state index in [0.29, 0.717) is 42.4 Å². The average Bonchev–Trinajstić information content (AvgIpc) is 3.75. The smallest absolute Gasteiger partial charge is 0.407 e. The Morgan fingerprint density at radius 2 is 1.93 bits per heavy atom. The number of pyridine rings is 1. The first-order valence-corrected chi connectivity index (χ1v) is 22.7. The van der Waals surface area contributed by atoms with Crippen LogP contribution in [0, 0.1) is 24.0 Å². The molecule has 4 aromatic rings. The first-order valence-electron chi connectivity index (χ1n) is 19.8. The van der Waals surface area contributed by atoms with Crippen molar-refractivity contribution in [3.63, 3.8) is 0 Å². The molecule has 14 heteroatoms. The highest BCUT2D eigenvalue weighted by atomic mass is 28.4. The van der Waals surface area contributed by atoms with Gasteiger partial charge in [-0.1, -0.05) is 63.1 Å². The van der Waals surface area contributed by atoms with Crippen LogP contribution in [0.3, 0.4) is 0 Å². The number of benzene rings is 2. The van der Waals surface area contributed by atoms with E-state index in [4.69, 9.17) is 35.3 Å². The van der Waals surface area contributed by atoms with Crippen LogP contribution in [-0.4, -0.2) is 106 Å². The van der Waals surface area contributed by atoms with Gasteiger partial charge >= 0.3 is 12.1 Å². The van der Waals surface area contributed by atoms with Crippen LogP contribution in [0.15, 0.2) is 42.5 Å². The summed E-state index contributed by atoms with van der Waals surface area (Å²) in [5, 5.41) is 11.5. The Morgan fingerprint density at radius 1 is 1.14 bits per heavy atom. The molecule has 0 spiro atoms. The second-order valence-electron chi connectivity index (χ2n) is 17.9. The number of amides is 1. The lowest BCUT2D eigenvalue weighted by molar-refractivity contribution is 0.0706. The van der Waals surface area contributed by atoms with Crippen molar-refractivity contribution in [2.24, 2.45) is 0 Å². The van der Waals surface area contributed by atoms with Crippen LogP contribution in [0.2, 0.25) is 18.1 Å². The molecule has 2 aromatic heterocycles. The van der Waals surface area contributed by atoms with Gasteiger partial charge in [-0.3, -0.25) is 9.80 Å². The number of carboxylic acid groups (broad SMARTS) is 1. The number of rotatable bonds is 6. The van der Waals surface area contributed by atoms with Crippen molar-refractivity contribution in [1.82, 2.24) is 24.8 Å². The quantitative estimate of drug-likeness (QED) is 0.118. The molecule has 1 amide bonds. The van der Waals surface area contributed by atoms with Crippen LogP contribution in [0.5, 0.6) is 11.9 Å². The molecule has 5 aliphatic heterocycles. The van der Waals surface area contributed by atoms with E-state index in [0.717, 1.165) is 25.1 Å². The summed E-state index contributed by atoms with van der Waals surface area (Å²) in [7, 11) is -2.07. The molecule has 2 aromatic carbocycles. The summed E-state index contributed by atoms with van der Waals surface area (Å²) in [6.45, 7) is 19.7. The number of ether oxygens (including phenoxy) is 2. The van der Waals surface area contributed by atoms with Gasteiger partial charge in [0.2, 0.25) is 5.88 Å². The molecule has 4 fully saturated rings. The Labute approximate surface area is 332 Å². The van der Waals surface area contributed by atoms with Gasteiger partial charge in [0.15, 0.2) is 14.1 Å². The number of carbonyl (C=O) groups is 1. The molecule has 1 N–H and O–H groups in total. The maximum atomic E-state index is 17.5. The van der Waals surface area contributed by atoms with E-state index in [1.54, 1.807) is 24.3 Å². The predicted octanol–water partition coefficient (Wildman–Crippen LogP) is 7.76. The molecule has 5 aliphatic rings. The average molecular weight is 795 g/mol. The van der Waals surface area contributed by atoms with E-state index in [1.165, 1.54) is 11.0 Å². The van der Waals surface area contributed by atoms with Gasteiger partial charge in [-0.25, -0.2) is 18.6 Å². The number of nitrogens with zero attached hydrogens (tertiary/aromatic N) is 6. The fourth-order valence-corrected chi connectivity index (χ4v) is 11.3. The third kappa shape index (κ3) is 5.71. The summed E-state index contributed by atoms with van der Waals surface area (Å²) in [5.41, 5.74) is 0.625. The molecule has 0 saturated carbocycles. The van der Waals surface area contributed by atoms with E-state index < -0.39 is 49.8 Å². The zero-order valence-corrected chi connectivity index (χ0v) is 34.2. The molecule has 298 valence electrons. The largest absolute Gasteiger partial charge is 0.472 e. The van der Waals surface area contributed by atoms with Crippen molar-refractivity contribution in [3.8, 4) is 35.5 Å². The minimum atomic E-state index is -2.07. The van der Waals surface area contributed by atoms with E-state index >= 15 is 8.78 Å². The monoisotopic (exact) mass is 794 g/mol. The highest BCUT2D eigenvalue weighted by Gasteiger charge is 2.55. The lowest BCUT2D eigenvalue weighted by atomic mass is 9.90. The Hall–Kier alpha value is -4.84. The Morgan fingerprint density at radius 3 is 2.67 bits per heavy atom. The van der Waals surface area contributed by atoms with E-state index in [-0.39, 0.29) is 63.4 Å². The number of anilines is 1. The van der Waals surface area contributed by atoms with Crippen molar-refractivity contribution >= 4 is 41.9 Å². The normalized spacial score (nSPS) is 27.0. The molecule has 7 heterocycles. The minimum absolute atomic E-state index is 0.00111. The van der Waals surface area contributed by atoms with Gasteiger partial charge < -0.3 is 23.9 Å². The van der Waals surface area contributed by atoms with Crippen LogP contribution < -0.4 is 14.4 Å². The number of halogens is 2. The summed E-state index contributed by atoms with van der Waals surface area (Å²) < 4.78 is 52.8. The highest BCUT2D eigenvalue weighted by molar-refractivity contribution is 6.74. The Balaban J connectivity index is 1.18. The first kappa shape index (κ1) is 37.7. The highest BCUT2D eigenvalue weighted by Crippen LogP contribution is 2.49. The van der Waals surface area contributed by atoms with Crippen molar-refractivity contribution in [2.75, 3.05) is 31.1 Å². The third-order valence-electron chi connectivity index (χ3n) is 13.7. The standard InChI is InChI=1S/C43H48F2N6O5Si/c1-9-28-30(44)15-13-25-11-10-12-29(32(25)28)35-34(45)36-33-38(50-20-26-14-16-31(51(26)41(52)53)37(50)24(3)55-39(33)46-35)48-40(47-36)54-22-43-19-27(21-49(43)18-17-23(43)2)56-57(7,8)42(4,5)6/h1,10-13,15,24,26-27,31,37H,2,14,16-22H2,3-8H3,(H,52,53). The van der Waals surface area contributed by atoms with Gasteiger partial charge in [-0.15, -0.1) is 6.42 Å². The second-order valence-corrected chi connectivity index (χ2v) is 22.6. The summed E-state index contributed by atoms with van der Waals surface area (Å²) >= 11 is 0. The van der Waals surface area contributed by atoms with E-state index in [9.17, 15) is 9.90 Å². The van der Waals surface area contributed by atoms with Crippen molar-refractivity contribution in [2.45, 2.75) is 107 Å². The number of aromatic nitrogens is 3. The van der Waals surface area contributed by atoms with Gasteiger partial charge in [0.05, 0.1) is 35.3 Å². The second kappa shape index (κ2) is 13.1. The molecule has 0 aliphatic carbocycles. The maximum Gasteiger partial charge on any atom is 0.407 e. The molecule has 4 saturated heterocycles. The number of hydrogen-bond donors (Lipinski definition) is 1.